The topological polar surface area (TPSA) is 56.5 Å². The molecule has 0 aromatic heterocycles. The van der Waals surface area contributed by atoms with E-state index in [1.807, 2.05) is 26.0 Å². The molecule has 0 spiro atoms. The molecule has 0 bridgehead atoms. The molecule has 0 radical (unpaired) electrons. The highest BCUT2D eigenvalue weighted by molar-refractivity contribution is 5.46. The van der Waals surface area contributed by atoms with Crippen LogP contribution in [0.4, 0.5) is 0 Å². The smallest absolute Gasteiger partial charge is 0.127 e. The first-order valence-corrected chi connectivity index (χ1v) is 6.58. The number of nitrogens with one attached hydrogen (secondary N) is 1. The summed E-state index contributed by atoms with van der Waals surface area (Å²) in [5, 5.41) is 3.41. The van der Waals surface area contributed by atoms with Gasteiger partial charge in [-0.1, -0.05) is 0 Å². The summed E-state index contributed by atoms with van der Waals surface area (Å²) in [5.74, 6) is 1.68. The van der Waals surface area contributed by atoms with E-state index in [2.05, 4.69) is 12.2 Å². The maximum Gasteiger partial charge on any atom is 0.127 e. The average Bonchev–Trinajstić information content (AvgIpc) is 2.34. The van der Waals surface area contributed by atoms with Crippen LogP contribution in [-0.4, -0.2) is 26.3 Å². The molecule has 0 saturated heterocycles. The highest BCUT2D eigenvalue weighted by Gasteiger charge is 2.11. The Bertz CT molecular complexity index is 411. The molecular formula is C15H26N2O2. The molecule has 19 heavy (non-hydrogen) atoms. The van der Waals surface area contributed by atoms with Crippen molar-refractivity contribution in [1.29, 1.82) is 0 Å². The molecule has 0 aliphatic rings. The van der Waals surface area contributed by atoms with Gasteiger partial charge in [-0.2, -0.15) is 0 Å². The van der Waals surface area contributed by atoms with Gasteiger partial charge in [0, 0.05) is 23.7 Å². The summed E-state index contributed by atoms with van der Waals surface area (Å²) in [6, 6.07) is 3.93. The van der Waals surface area contributed by atoms with Crippen LogP contribution in [0, 0.1) is 6.92 Å². The third-order valence-corrected chi connectivity index (χ3v) is 3.11. The van der Waals surface area contributed by atoms with Crippen molar-refractivity contribution < 1.29 is 9.47 Å². The SMILES string of the molecule is COc1cc(C)c(CNCCC(C)(C)N)c(OC)c1. The van der Waals surface area contributed by atoms with Crippen molar-refractivity contribution >= 4 is 0 Å². The van der Waals surface area contributed by atoms with Crippen LogP contribution in [-0.2, 0) is 6.54 Å². The van der Waals surface area contributed by atoms with Gasteiger partial charge in [0.25, 0.3) is 0 Å². The van der Waals surface area contributed by atoms with Crippen molar-refractivity contribution in [3.8, 4) is 11.5 Å². The average molecular weight is 266 g/mol. The molecule has 0 heterocycles. The second-order valence-corrected chi connectivity index (χ2v) is 5.54. The molecular weight excluding hydrogens is 240 g/mol. The third kappa shape index (κ3) is 5.09. The molecule has 0 saturated carbocycles. The Morgan fingerprint density at radius 2 is 1.89 bits per heavy atom. The van der Waals surface area contributed by atoms with Gasteiger partial charge in [-0.25, -0.2) is 0 Å². The van der Waals surface area contributed by atoms with Crippen LogP contribution in [0.3, 0.4) is 0 Å². The first kappa shape index (κ1) is 15.8. The summed E-state index contributed by atoms with van der Waals surface area (Å²) in [6.07, 6.45) is 0.935. The number of aryl methyl sites for hydroxylation is 1. The fourth-order valence-corrected chi connectivity index (χ4v) is 1.90. The van der Waals surface area contributed by atoms with Gasteiger partial charge in [0.15, 0.2) is 0 Å². The van der Waals surface area contributed by atoms with E-state index in [4.69, 9.17) is 15.2 Å². The van der Waals surface area contributed by atoms with Crippen molar-refractivity contribution in [1.82, 2.24) is 5.32 Å². The molecule has 108 valence electrons. The summed E-state index contributed by atoms with van der Waals surface area (Å²) in [4.78, 5) is 0. The molecule has 0 atom stereocenters. The zero-order valence-electron chi connectivity index (χ0n) is 12.7. The Labute approximate surface area is 116 Å². The molecule has 0 aliphatic carbocycles. The third-order valence-electron chi connectivity index (χ3n) is 3.11. The lowest BCUT2D eigenvalue weighted by molar-refractivity contribution is 0.388. The van der Waals surface area contributed by atoms with E-state index in [1.165, 1.54) is 0 Å². The Balaban J connectivity index is 2.67. The van der Waals surface area contributed by atoms with Crippen molar-refractivity contribution in [2.75, 3.05) is 20.8 Å². The van der Waals surface area contributed by atoms with Crippen LogP contribution in [0.1, 0.15) is 31.4 Å². The molecule has 3 N–H and O–H groups in total. The van der Waals surface area contributed by atoms with Crippen LogP contribution in [0.2, 0.25) is 0 Å². The van der Waals surface area contributed by atoms with E-state index in [-0.39, 0.29) is 5.54 Å². The zero-order chi connectivity index (χ0) is 14.5. The molecule has 1 aromatic carbocycles. The van der Waals surface area contributed by atoms with E-state index in [0.29, 0.717) is 0 Å². The Morgan fingerprint density at radius 3 is 2.42 bits per heavy atom. The highest BCUT2D eigenvalue weighted by Crippen LogP contribution is 2.28. The zero-order valence-corrected chi connectivity index (χ0v) is 12.7. The summed E-state index contributed by atoms with van der Waals surface area (Å²) in [5.41, 5.74) is 8.15. The Kier molecular flexibility index (Phi) is 5.63. The van der Waals surface area contributed by atoms with E-state index in [9.17, 15) is 0 Å². The normalized spacial score (nSPS) is 11.5. The van der Waals surface area contributed by atoms with E-state index in [0.717, 1.165) is 42.1 Å². The minimum atomic E-state index is -0.133. The Hall–Kier alpha value is -1.26. The fraction of sp³-hybridized carbons (Fsp3) is 0.600. The largest absolute Gasteiger partial charge is 0.497 e. The van der Waals surface area contributed by atoms with Gasteiger partial charge >= 0.3 is 0 Å². The lowest BCUT2D eigenvalue weighted by Crippen LogP contribution is -2.35. The van der Waals surface area contributed by atoms with Crippen LogP contribution in [0.25, 0.3) is 0 Å². The van der Waals surface area contributed by atoms with Crippen LogP contribution < -0.4 is 20.5 Å². The number of hydrogen-bond acceptors (Lipinski definition) is 4. The van der Waals surface area contributed by atoms with Gasteiger partial charge in [0.05, 0.1) is 14.2 Å². The minimum Gasteiger partial charge on any atom is -0.497 e. The molecule has 4 nitrogen and oxygen atoms in total. The number of rotatable bonds is 7. The van der Waals surface area contributed by atoms with Crippen molar-refractivity contribution in [2.24, 2.45) is 5.73 Å². The quantitative estimate of drug-likeness (QED) is 0.743. The molecule has 4 heteroatoms. The number of benzene rings is 1. The maximum atomic E-state index is 5.96. The number of hydrogen-bond donors (Lipinski definition) is 2. The predicted molar refractivity (Wildman–Crippen MR) is 78.9 cm³/mol. The number of nitrogens with two attached hydrogens (primary N) is 1. The van der Waals surface area contributed by atoms with E-state index in [1.54, 1.807) is 14.2 Å². The highest BCUT2D eigenvalue weighted by atomic mass is 16.5. The lowest BCUT2D eigenvalue weighted by atomic mass is 10.0. The summed E-state index contributed by atoms with van der Waals surface area (Å²) >= 11 is 0. The lowest BCUT2D eigenvalue weighted by Gasteiger charge is -2.19. The van der Waals surface area contributed by atoms with Crippen molar-refractivity contribution in [3.05, 3.63) is 23.3 Å². The number of methoxy groups -OCH3 is 2. The molecule has 0 fully saturated rings. The second-order valence-electron chi connectivity index (χ2n) is 5.54. The maximum absolute atomic E-state index is 5.96. The van der Waals surface area contributed by atoms with Gasteiger partial charge in [0.2, 0.25) is 0 Å². The van der Waals surface area contributed by atoms with E-state index < -0.39 is 0 Å². The first-order valence-electron chi connectivity index (χ1n) is 6.58. The molecule has 0 aliphatic heterocycles. The standard InChI is InChI=1S/C15H26N2O2/c1-11-8-12(18-4)9-14(19-5)13(11)10-17-7-6-15(2,3)16/h8-9,17H,6-7,10,16H2,1-5H3. The van der Waals surface area contributed by atoms with Gasteiger partial charge in [-0.05, 0) is 45.4 Å². The predicted octanol–water partition coefficient (Wildman–Crippen LogP) is 2.23. The van der Waals surface area contributed by atoms with Crippen molar-refractivity contribution in [3.63, 3.8) is 0 Å². The number of ether oxygens (including phenoxy) is 2. The summed E-state index contributed by atoms with van der Waals surface area (Å²) < 4.78 is 10.7. The van der Waals surface area contributed by atoms with Crippen LogP contribution in [0.15, 0.2) is 12.1 Å². The monoisotopic (exact) mass is 266 g/mol. The fourth-order valence-electron chi connectivity index (χ4n) is 1.90. The van der Waals surface area contributed by atoms with E-state index >= 15 is 0 Å². The molecule has 1 aromatic rings. The summed E-state index contributed by atoms with van der Waals surface area (Å²) in [7, 11) is 3.34. The van der Waals surface area contributed by atoms with Gasteiger partial charge in [0.1, 0.15) is 11.5 Å². The van der Waals surface area contributed by atoms with Gasteiger partial charge in [-0.15, -0.1) is 0 Å². The first-order chi connectivity index (χ1) is 8.87. The van der Waals surface area contributed by atoms with Crippen molar-refractivity contribution in [2.45, 2.75) is 39.3 Å². The summed E-state index contributed by atoms with van der Waals surface area (Å²) in [6.45, 7) is 7.80. The second kappa shape index (κ2) is 6.78. The molecule has 1 rings (SSSR count). The minimum absolute atomic E-state index is 0.133. The Morgan fingerprint density at radius 1 is 1.21 bits per heavy atom. The molecule has 0 amide bonds. The van der Waals surface area contributed by atoms with Crippen LogP contribution >= 0.6 is 0 Å². The van der Waals surface area contributed by atoms with Gasteiger partial charge in [-0.3, -0.25) is 0 Å². The van der Waals surface area contributed by atoms with Crippen LogP contribution in [0.5, 0.6) is 11.5 Å². The molecule has 0 unspecified atom stereocenters. The van der Waals surface area contributed by atoms with Gasteiger partial charge < -0.3 is 20.5 Å².